The largest absolute Gasteiger partial charge is 0.493 e. The molecular weight excluding hydrogens is 765 g/mol. The lowest BCUT2D eigenvalue weighted by Crippen LogP contribution is -2.47. The summed E-state index contributed by atoms with van der Waals surface area (Å²) in [7, 11) is -0.00831. The molecule has 1 aliphatic rings. The van der Waals surface area contributed by atoms with E-state index in [2.05, 4.69) is 21.9 Å². The second-order valence-electron chi connectivity index (χ2n) is 16.4. The van der Waals surface area contributed by atoms with Crippen LogP contribution in [0.15, 0.2) is 27.9 Å². The maximum atomic E-state index is 13.3. The molecule has 0 aliphatic carbocycles. The standard InChI is InChI=1S/C24H48O2.C22H30N6O4S/c1-2-3-4-5-6-7-8-9-10-11-12-13-14-15-16-17-18-19-20-21-22-23-24(25)26;1-5-7-17-19-20(27(4)25-17)22(29)24-21(23-19)16-14-15(8-9-18(16)32-6-2)33(30,31)28-12-10-26(3)11-13-28/h2-23H2,1H3,(H,25,26);8-9,14H,5-7,10-13H2,1-4H3,(H,23,24,29). The molecule has 334 valence electrons. The van der Waals surface area contributed by atoms with Crippen molar-refractivity contribution in [2.24, 2.45) is 7.05 Å². The summed E-state index contributed by atoms with van der Waals surface area (Å²) in [6.07, 6.45) is 30.6. The average molecular weight is 843 g/mol. The molecule has 2 N–H and O–H groups in total. The van der Waals surface area contributed by atoms with Crippen LogP contribution in [0.5, 0.6) is 5.75 Å². The van der Waals surface area contributed by atoms with Crippen LogP contribution >= 0.6 is 0 Å². The van der Waals surface area contributed by atoms with Crippen LogP contribution in [0.2, 0.25) is 0 Å². The van der Waals surface area contributed by atoms with Crippen molar-refractivity contribution in [1.82, 2.24) is 29.0 Å². The van der Waals surface area contributed by atoms with Gasteiger partial charge in [-0.25, -0.2) is 13.4 Å². The molecule has 0 bridgehead atoms. The maximum Gasteiger partial charge on any atom is 0.303 e. The highest BCUT2D eigenvalue weighted by molar-refractivity contribution is 7.89. The van der Waals surface area contributed by atoms with Crippen molar-refractivity contribution >= 4 is 27.0 Å². The molecule has 0 saturated carbocycles. The van der Waals surface area contributed by atoms with E-state index in [0.29, 0.717) is 68.0 Å². The van der Waals surface area contributed by atoms with E-state index < -0.39 is 16.0 Å². The quantitative estimate of drug-likeness (QED) is 0.0651. The molecular formula is C46H78N6O6S. The Hall–Kier alpha value is -3.29. The molecule has 4 rings (SSSR count). The van der Waals surface area contributed by atoms with Gasteiger partial charge < -0.3 is 19.7 Å². The highest BCUT2D eigenvalue weighted by Crippen LogP contribution is 2.32. The number of aromatic amines is 1. The van der Waals surface area contributed by atoms with Gasteiger partial charge in [-0.1, -0.05) is 149 Å². The molecule has 2 aromatic heterocycles. The SMILES string of the molecule is CCCCCCCCCCCCCCCCCCCCCCCC(=O)O.CCCc1nn(C)c2c(=O)[nH]c(-c3cc(S(=O)(=O)N4CCN(C)CC4)ccc3OCC)nc12. The summed E-state index contributed by atoms with van der Waals surface area (Å²) in [5.74, 6) is 0.0674. The Labute approximate surface area is 356 Å². The fourth-order valence-corrected chi connectivity index (χ4v) is 9.25. The molecule has 0 atom stereocenters. The predicted molar refractivity (Wildman–Crippen MR) is 241 cm³/mol. The van der Waals surface area contributed by atoms with Crippen LogP contribution in [-0.4, -0.2) is 88.3 Å². The van der Waals surface area contributed by atoms with E-state index in [9.17, 15) is 18.0 Å². The number of hydrogen-bond donors (Lipinski definition) is 2. The number of rotatable bonds is 29. The zero-order valence-electron chi connectivity index (χ0n) is 37.4. The van der Waals surface area contributed by atoms with Gasteiger partial charge in [-0.3, -0.25) is 14.3 Å². The van der Waals surface area contributed by atoms with Gasteiger partial charge in [0.2, 0.25) is 10.0 Å². The van der Waals surface area contributed by atoms with Crippen LogP contribution in [0.3, 0.4) is 0 Å². The number of piperazine rings is 1. The van der Waals surface area contributed by atoms with Gasteiger partial charge in [-0.05, 0) is 45.0 Å². The number of likely N-dealkylation sites (N-methyl/N-ethyl adjacent to an activating group) is 1. The first-order valence-electron chi connectivity index (χ1n) is 23.2. The first-order chi connectivity index (χ1) is 28.5. The number of benzene rings is 1. The molecule has 0 amide bonds. The van der Waals surface area contributed by atoms with Gasteiger partial charge in [-0.2, -0.15) is 9.40 Å². The number of unbranched alkanes of at least 4 members (excludes halogenated alkanes) is 20. The van der Waals surface area contributed by atoms with E-state index >= 15 is 0 Å². The first-order valence-corrected chi connectivity index (χ1v) is 24.6. The van der Waals surface area contributed by atoms with Gasteiger partial charge >= 0.3 is 5.97 Å². The van der Waals surface area contributed by atoms with E-state index in [1.54, 1.807) is 25.2 Å². The fraction of sp³-hybridized carbons (Fsp3) is 0.739. The highest BCUT2D eigenvalue weighted by Gasteiger charge is 2.29. The van der Waals surface area contributed by atoms with Crippen LogP contribution in [0, 0.1) is 0 Å². The van der Waals surface area contributed by atoms with Gasteiger partial charge in [0.15, 0.2) is 5.52 Å². The molecule has 0 spiro atoms. The number of aromatic nitrogens is 4. The number of carboxylic acid groups (broad SMARTS) is 1. The Bertz CT molecular complexity index is 1800. The summed E-state index contributed by atoms with van der Waals surface area (Å²) < 4.78 is 35.4. The van der Waals surface area contributed by atoms with Gasteiger partial charge in [0.25, 0.3) is 5.56 Å². The van der Waals surface area contributed by atoms with E-state index in [0.717, 1.165) is 25.0 Å². The lowest BCUT2D eigenvalue weighted by atomic mass is 10.0. The van der Waals surface area contributed by atoms with Gasteiger partial charge in [0.05, 0.1) is 22.8 Å². The van der Waals surface area contributed by atoms with Gasteiger partial charge in [-0.15, -0.1) is 0 Å². The van der Waals surface area contributed by atoms with Crippen molar-refractivity contribution in [3.63, 3.8) is 0 Å². The topological polar surface area (TPSA) is 151 Å². The number of H-pyrrole nitrogens is 1. The number of nitrogens with one attached hydrogen (secondary N) is 1. The fourth-order valence-electron chi connectivity index (χ4n) is 7.80. The zero-order valence-corrected chi connectivity index (χ0v) is 38.2. The molecule has 1 saturated heterocycles. The number of fused-ring (bicyclic) bond motifs is 1. The van der Waals surface area contributed by atoms with Crippen molar-refractivity contribution < 1.29 is 23.1 Å². The number of hydrogen-bond acceptors (Lipinski definition) is 8. The molecule has 3 heterocycles. The van der Waals surface area contributed by atoms with Crippen molar-refractivity contribution in [3.8, 4) is 17.1 Å². The summed E-state index contributed by atoms with van der Waals surface area (Å²) in [6, 6.07) is 4.71. The Balaban J connectivity index is 0.000000327. The van der Waals surface area contributed by atoms with Gasteiger partial charge in [0, 0.05) is 39.6 Å². The minimum atomic E-state index is -3.70. The minimum absolute atomic E-state index is 0.147. The lowest BCUT2D eigenvalue weighted by molar-refractivity contribution is -0.137. The van der Waals surface area contributed by atoms with E-state index in [1.807, 2.05) is 20.9 Å². The average Bonchev–Trinajstić information content (AvgIpc) is 3.53. The highest BCUT2D eigenvalue weighted by atomic mass is 32.2. The van der Waals surface area contributed by atoms with Crippen LogP contribution < -0.4 is 10.3 Å². The molecule has 3 aromatic rings. The number of aryl methyl sites for hydroxylation is 2. The van der Waals surface area contributed by atoms with E-state index in [-0.39, 0.29) is 16.3 Å². The first kappa shape index (κ1) is 50.1. The van der Waals surface area contributed by atoms with Crippen LogP contribution in [0.25, 0.3) is 22.4 Å². The molecule has 59 heavy (non-hydrogen) atoms. The predicted octanol–water partition coefficient (Wildman–Crippen LogP) is 10.3. The summed E-state index contributed by atoms with van der Waals surface area (Å²) >= 11 is 0. The van der Waals surface area contributed by atoms with Crippen molar-refractivity contribution in [1.29, 1.82) is 0 Å². The summed E-state index contributed by atoms with van der Waals surface area (Å²) in [4.78, 5) is 33.1. The molecule has 1 aliphatic heterocycles. The molecule has 0 unspecified atom stereocenters. The molecule has 1 aromatic carbocycles. The smallest absolute Gasteiger partial charge is 0.303 e. The minimum Gasteiger partial charge on any atom is -0.493 e. The van der Waals surface area contributed by atoms with Crippen LogP contribution in [-0.2, 0) is 28.3 Å². The lowest BCUT2D eigenvalue weighted by Gasteiger charge is -2.31. The number of carboxylic acids is 1. The normalized spacial score (nSPS) is 13.8. The van der Waals surface area contributed by atoms with E-state index in [1.165, 1.54) is 131 Å². The summed E-state index contributed by atoms with van der Waals surface area (Å²) in [5, 5.41) is 13.0. The third-order valence-electron chi connectivity index (χ3n) is 11.3. The second-order valence-corrected chi connectivity index (χ2v) is 18.4. The number of sulfonamides is 1. The molecule has 0 radical (unpaired) electrons. The Morgan fingerprint density at radius 1 is 0.746 bits per heavy atom. The monoisotopic (exact) mass is 843 g/mol. The molecule has 1 fully saturated rings. The number of aliphatic carboxylic acids is 1. The number of carbonyl (C=O) groups is 1. The zero-order chi connectivity index (χ0) is 42.9. The van der Waals surface area contributed by atoms with Gasteiger partial charge in [0.1, 0.15) is 17.1 Å². The van der Waals surface area contributed by atoms with Crippen molar-refractivity contribution in [2.45, 2.75) is 180 Å². The van der Waals surface area contributed by atoms with Crippen molar-refractivity contribution in [3.05, 3.63) is 34.2 Å². The molecule has 13 heteroatoms. The maximum absolute atomic E-state index is 13.3. The second kappa shape index (κ2) is 28.3. The number of nitrogens with zero attached hydrogens (tertiary/aromatic N) is 5. The summed E-state index contributed by atoms with van der Waals surface area (Å²) in [6.45, 7) is 8.77. The number of ether oxygens (including phenoxy) is 1. The third kappa shape index (κ3) is 17.7. The van der Waals surface area contributed by atoms with Crippen molar-refractivity contribution in [2.75, 3.05) is 39.8 Å². The van der Waals surface area contributed by atoms with Crippen LogP contribution in [0.1, 0.15) is 174 Å². The summed E-state index contributed by atoms with van der Waals surface area (Å²) in [5.41, 5.74) is 1.75. The Kier molecular flexibility index (Phi) is 24.0. The van der Waals surface area contributed by atoms with Crippen LogP contribution in [0.4, 0.5) is 0 Å². The molecule has 12 nitrogen and oxygen atoms in total. The van der Waals surface area contributed by atoms with E-state index in [4.69, 9.17) is 14.8 Å². The third-order valence-corrected chi connectivity index (χ3v) is 13.2. The Morgan fingerprint density at radius 2 is 1.25 bits per heavy atom. The Morgan fingerprint density at radius 3 is 1.73 bits per heavy atom.